The molecular formula is C17H12N6O2S. The van der Waals surface area contributed by atoms with Gasteiger partial charge in [0.05, 0.1) is 5.69 Å². The maximum absolute atomic E-state index is 5.95. The van der Waals surface area contributed by atoms with Crippen LogP contribution in [0.25, 0.3) is 27.9 Å². The van der Waals surface area contributed by atoms with E-state index < -0.39 is 0 Å². The number of hydrogen-bond donors (Lipinski definition) is 0. The standard InChI is InChI=1S/C17H12N6O2S/c1-10-8-14(21-25-10)16-19-18-15-12-4-2-3-5-13(12)17(20-23(15)16)24-9-11-6-7-26-22-11/h2-8H,9H2,1H3. The van der Waals surface area contributed by atoms with Gasteiger partial charge >= 0.3 is 0 Å². The van der Waals surface area contributed by atoms with Crippen LogP contribution in [-0.2, 0) is 6.61 Å². The van der Waals surface area contributed by atoms with Crippen molar-refractivity contribution in [2.24, 2.45) is 0 Å². The smallest absolute Gasteiger partial charge is 0.240 e. The first-order valence-corrected chi connectivity index (χ1v) is 8.73. The molecule has 0 N–H and O–H groups in total. The maximum Gasteiger partial charge on any atom is 0.240 e. The lowest BCUT2D eigenvalue weighted by atomic mass is 10.2. The number of rotatable bonds is 4. The van der Waals surface area contributed by atoms with E-state index >= 15 is 0 Å². The highest BCUT2D eigenvalue weighted by Gasteiger charge is 2.18. The summed E-state index contributed by atoms with van der Waals surface area (Å²) in [5, 5.41) is 20.8. The van der Waals surface area contributed by atoms with Crippen molar-refractivity contribution in [3.63, 3.8) is 0 Å². The van der Waals surface area contributed by atoms with E-state index in [2.05, 4.69) is 24.8 Å². The molecule has 0 amide bonds. The van der Waals surface area contributed by atoms with E-state index in [1.54, 1.807) is 10.6 Å². The van der Waals surface area contributed by atoms with Gasteiger partial charge in [-0.3, -0.25) is 0 Å². The minimum absolute atomic E-state index is 0.340. The Kier molecular flexibility index (Phi) is 3.39. The lowest BCUT2D eigenvalue weighted by Crippen LogP contribution is -2.03. The Morgan fingerprint density at radius 2 is 2.04 bits per heavy atom. The van der Waals surface area contributed by atoms with Crippen LogP contribution in [0.15, 0.2) is 46.3 Å². The van der Waals surface area contributed by atoms with Crippen LogP contribution < -0.4 is 4.74 Å². The van der Waals surface area contributed by atoms with E-state index in [0.717, 1.165) is 16.5 Å². The molecule has 4 aromatic heterocycles. The first kappa shape index (κ1) is 15.0. The summed E-state index contributed by atoms with van der Waals surface area (Å²) < 4.78 is 17.0. The number of aromatic nitrogens is 6. The number of fused-ring (bicyclic) bond motifs is 3. The van der Waals surface area contributed by atoms with Gasteiger partial charge in [-0.15, -0.1) is 15.3 Å². The fourth-order valence-corrected chi connectivity index (χ4v) is 3.27. The number of hydrogen-bond acceptors (Lipinski definition) is 8. The summed E-state index contributed by atoms with van der Waals surface area (Å²) in [5.41, 5.74) is 2.07. The van der Waals surface area contributed by atoms with Gasteiger partial charge in [0.15, 0.2) is 11.3 Å². The first-order valence-electron chi connectivity index (χ1n) is 7.89. The zero-order chi connectivity index (χ0) is 17.5. The van der Waals surface area contributed by atoms with E-state index in [1.807, 2.05) is 42.6 Å². The third kappa shape index (κ3) is 2.40. The fourth-order valence-electron chi connectivity index (χ4n) is 2.74. The molecule has 0 aliphatic rings. The lowest BCUT2D eigenvalue weighted by molar-refractivity contribution is 0.290. The highest BCUT2D eigenvalue weighted by molar-refractivity contribution is 7.03. The molecule has 5 rings (SSSR count). The van der Waals surface area contributed by atoms with Crippen LogP contribution in [0.1, 0.15) is 11.5 Å². The van der Waals surface area contributed by atoms with E-state index in [9.17, 15) is 0 Å². The third-order valence-corrected chi connectivity index (χ3v) is 4.53. The molecule has 128 valence electrons. The molecule has 0 bridgehead atoms. The molecule has 0 radical (unpaired) electrons. The van der Waals surface area contributed by atoms with E-state index in [4.69, 9.17) is 9.26 Å². The fraction of sp³-hybridized carbons (Fsp3) is 0.118. The van der Waals surface area contributed by atoms with Crippen molar-refractivity contribution in [3.05, 3.63) is 53.2 Å². The average molecular weight is 364 g/mol. The summed E-state index contributed by atoms with van der Waals surface area (Å²) in [6.45, 7) is 2.16. The van der Waals surface area contributed by atoms with Gasteiger partial charge in [-0.05, 0) is 30.6 Å². The Balaban J connectivity index is 1.69. The van der Waals surface area contributed by atoms with Gasteiger partial charge in [-0.25, -0.2) is 0 Å². The number of aryl methyl sites for hydroxylation is 1. The Labute approximate surface area is 151 Å². The second-order valence-electron chi connectivity index (χ2n) is 5.71. The minimum atomic E-state index is 0.340. The summed E-state index contributed by atoms with van der Waals surface area (Å²) in [6, 6.07) is 11.5. The lowest BCUT2D eigenvalue weighted by Gasteiger charge is -2.08. The molecule has 5 aromatic rings. The van der Waals surface area contributed by atoms with Crippen molar-refractivity contribution in [1.29, 1.82) is 0 Å². The molecule has 4 heterocycles. The zero-order valence-corrected chi connectivity index (χ0v) is 14.5. The monoisotopic (exact) mass is 364 g/mol. The van der Waals surface area contributed by atoms with E-state index in [0.29, 0.717) is 35.4 Å². The van der Waals surface area contributed by atoms with Crippen molar-refractivity contribution >= 4 is 28.0 Å². The van der Waals surface area contributed by atoms with Crippen LogP contribution in [-0.4, -0.2) is 29.3 Å². The van der Waals surface area contributed by atoms with Gasteiger partial charge in [0.2, 0.25) is 11.7 Å². The second-order valence-corrected chi connectivity index (χ2v) is 6.38. The Hall–Kier alpha value is -3.33. The van der Waals surface area contributed by atoms with Gasteiger partial charge < -0.3 is 9.26 Å². The van der Waals surface area contributed by atoms with Crippen molar-refractivity contribution in [1.82, 2.24) is 29.3 Å². The van der Waals surface area contributed by atoms with Crippen molar-refractivity contribution in [2.75, 3.05) is 0 Å². The number of benzene rings is 1. The van der Waals surface area contributed by atoms with Crippen molar-refractivity contribution in [2.45, 2.75) is 13.5 Å². The quantitative estimate of drug-likeness (QED) is 0.483. The Bertz CT molecular complexity index is 1210. The van der Waals surface area contributed by atoms with Crippen LogP contribution in [0, 0.1) is 6.92 Å². The Morgan fingerprint density at radius 3 is 2.81 bits per heavy atom. The zero-order valence-electron chi connectivity index (χ0n) is 13.7. The maximum atomic E-state index is 5.95. The minimum Gasteiger partial charge on any atom is -0.470 e. The molecule has 0 aliphatic carbocycles. The van der Waals surface area contributed by atoms with E-state index in [-0.39, 0.29) is 0 Å². The molecule has 0 aliphatic heterocycles. The van der Waals surface area contributed by atoms with Gasteiger partial charge in [0.25, 0.3) is 0 Å². The molecule has 26 heavy (non-hydrogen) atoms. The highest BCUT2D eigenvalue weighted by atomic mass is 32.1. The molecule has 8 nitrogen and oxygen atoms in total. The molecule has 0 atom stereocenters. The number of ether oxygens (including phenoxy) is 1. The van der Waals surface area contributed by atoms with Crippen LogP contribution in [0.2, 0.25) is 0 Å². The molecule has 0 spiro atoms. The molecule has 0 saturated carbocycles. The van der Waals surface area contributed by atoms with Crippen LogP contribution in [0.3, 0.4) is 0 Å². The summed E-state index contributed by atoms with van der Waals surface area (Å²) in [4.78, 5) is 0. The molecular weight excluding hydrogens is 352 g/mol. The van der Waals surface area contributed by atoms with Crippen LogP contribution in [0.4, 0.5) is 0 Å². The molecule has 1 aromatic carbocycles. The van der Waals surface area contributed by atoms with Gasteiger partial charge in [-0.2, -0.15) is 8.89 Å². The average Bonchev–Trinajstić information content (AvgIpc) is 3.40. The van der Waals surface area contributed by atoms with Crippen LogP contribution >= 0.6 is 11.5 Å². The predicted molar refractivity (Wildman–Crippen MR) is 95.0 cm³/mol. The van der Waals surface area contributed by atoms with Gasteiger partial charge in [0.1, 0.15) is 12.4 Å². The third-order valence-electron chi connectivity index (χ3n) is 3.93. The first-order chi connectivity index (χ1) is 12.8. The highest BCUT2D eigenvalue weighted by Crippen LogP contribution is 2.29. The summed E-state index contributed by atoms with van der Waals surface area (Å²) >= 11 is 1.39. The number of nitrogens with zero attached hydrogens (tertiary/aromatic N) is 6. The van der Waals surface area contributed by atoms with Gasteiger partial charge in [0, 0.05) is 22.2 Å². The summed E-state index contributed by atoms with van der Waals surface area (Å²) in [5.74, 6) is 1.68. The summed E-state index contributed by atoms with van der Waals surface area (Å²) in [7, 11) is 0. The Morgan fingerprint density at radius 1 is 1.15 bits per heavy atom. The SMILES string of the molecule is Cc1cc(-c2nnc3c4ccccc4c(OCc4ccsn4)nn23)no1. The predicted octanol–water partition coefficient (Wildman–Crippen LogP) is 3.28. The largest absolute Gasteiger partial charge is 0.470 e. The van der Waals surface area contributed by atoms with Gasteiger partial charge in [-0.1, -0.05) is 23.4 Å². The molecule has 0 unspecified atom stereocenters. The van der Waals surface area contributed by atoms with E-state index in [1.165, 1.54) is 11.5 Å². The molecule has 0 fully saturated rings. The van der Waals surface area contributed by atoms with Crippen molar-refractivity contribution < 1.29 is 9.26 Å². The molecule has 9 heteroatoms. The normalized spacial score (nSPS) is 11.4. The van der Waals surface area contributed by atoms with Crippen molar-refractivity contribution in [3.8, 4) is 17.4 Å². The van der Waals surface area contributed by atoms with Crippen LogP contribution in [0.5, 0.6) is 5.88 Å². The summed E-state index contributed by atoms with van der Waals surface area (Å²) in [6.07, 6.45) is 0. The topological polar surface area (TPSA) is 91.2 Å². The second kappa shape index (κ2) is 5.88. The molecule has 0 saturated heterocycles.